The first-order chi connectivity index (χ1) is 8.11. The molecule has 7 heteroatoms. The van der Waals surface area contributed by atoms with Crippen LogP contribution in [0.5, 0.6) is 0 Å². The molecule has 0 saturated carbocycles. The molecule has 0 radical (unpaired) electrons. The number of rotatable bonds is 1. The molecule has 0 aliphatic rings. The van der Waals surface area contributed by atoms with Crippen molar-refractivity contribution in [2.75, 3.05) is 0 Å². The van der Waals surface area contributed by atoms with Crippen LogP contribution >= 0.6 is 0 Å². The van der Waals surface area contributed by atoms with Crippen LogP contribution in [0.4, 0.5) is 5.69 Å². The first kappa shape index (κ1) is 12.4. The average molecular weight is 235 g/mol. The maximum atomic E-state index is 10.6. The smallest absolute Gasteiger partial charge is 0.329 e. The highest BCUT2D eigenvalue weighted by Gasteiger charge is 2.07. The third kappa shape index (κ3) is 4.12. The molecule has 2 N–H and O–H groups in total. The van der Waals surface area contributed by atoms with Gasteiger partial charge in [0.2, 0.25) is 5.56 Å². The van der Waals surface area contributed by atoms with Gasteiger partial charge in [0.05, 0.1) is 4.92 Å². The van der Waals surface area contributed by atoms with Gasteiger partial charge in [-0.3, -0.25) is 19.7 Å². The number of aromatic nitrogens is 2. The number of nitrogens with one attached hydrogen (secondary N) is 2. The van der Waals surface area contributed by atoms with Gasteiger partial charge in [-0.05, 0) is 12.1 Å². The predicted molar refractivity (Wildman–Crippen MR) is 60.8 cm³/mol. The van der Waals surface area contributed by atoms with Crippen molar-refractivity contribution in [2.45, 2.75) is 0 Å². The summed E-state index contributed by atoms with van der Waals surface area (Å²) in [4.78, 5) is 34.7. The van der Waals surface area contributed by atoms with Crippen molar-refractivity contribution in [1.29, 1.82) is 0 Å². The highest BCUT2D eigenvalue weighted by molar-refractivity contribution is 5.23. The quantitative estimate of drug-likeness (QED) is 0.558. The van der Waals surface area contributed by atoms with E-state index in [1.165, 1.54) is 18.3 Å². The van der Waals surface area contributed by atoms with E-state index in [4.69, 9.17) is 0 Å². The molecule has 17 heavy (non-hydrogen) atoms. The van der Waals surface area contributed by atoms with Gasteiger partial charge in [0, 0.05) is 24.5 Å². The Morgan fingerprint density at radius 3 is 2.06 bits per heavy atom. The Morgan fingerprint density at radius 1 is 1.00 bits per heavy atom. The molecule has 7 nitrogen and oxygen atoms in total. The summed E-state index contributed by atoms with van der Waals surface area (Å²) < 4.78 is 0. The zero-order chi connectivity index (χ0) is 12.7. The molecule has 0 bridgehead atoms. The Labute approximate surface area is 94.9 Å². The normalized spacial score (nSPS) is 8.94. The number of aromatic amines is 2. The maximum absolute atomic E-state index is 10.6. The van der Waals surface area contributed by atoms with Gasteiger partial charge >= 0.3 is 11.2 Å². The minimum Gasteiger partial charge on any atom is -0.329 e. The third-order valence-electron chi connectivity index (χ3n) is 1.67. The molecule has 0 amide bonds. The van der Waals surface area contributed by atoms with Crippen LogP contribution in [-0.4, -0.2) is 14.9 Å². The molecule has 0 aliphatic carbocycles. The van der Waals surface area contributed by atoms with Crippen LogP contribution in [0.3, 0.4) is 0 Å². The van der Waals surface area contributed by atoms with E-state index in [1.54, 1.807) is 18.3 Å². The van der Waals surface area contributed by atoms with E-state index in [2.05, 4.69) is 9.97 Å². The number of nitro groups is 1. The number of pyridine rings is 2. The van der Waals surface area contributed by atoms with Crippen molar-refractivity contribution in [3.8, 4) is 0 Å². The van der Waals surface area contributed by atoms with E-state index >= 15 is 0 Å². The lowest BCUT2D eigenvalue weighted by molar-refractivity contribution is -0.386. The standard InChI is InChI=1S/C5H4N2O3.C5H5NO/c8-5-4(7(9)10)2-1-3-6-5;7-5-3-1-2-4-6-5/h1-3H,(H,6,8);1-4H,(H,6,7). The van der Waals surface area contributed by atoms with Gasteiger partial charge in [-0.25, -0.2) is 0 Å². The molecule has 2 rings (SSSR count). The second-order valence-electron chi connectivity index (χ2n) is 2.87. The lowest BCUT2D eigenvalue weighted by Crippen LogP contribution is -2.09. The van der Waals surface area contributed by atoms with Crippen molar-refractivity contribution >= 4 is 5.69 Å². The molecule has 0 atom stereocenters. The number of hydrogen-bond acceptors (Lipinski definition) is 4. The number of nitrogens with zero attached hydrogens (tertiary/aromatic N) is 1. The van der Waals surface area contributed by atoms with Crippen LogP contribution in [0.25, 0.3) is 0 Å². The lowest BCUT2D eigenvalue weighted by atomic mass is 10.4. The van der Waals surface area contributed by atoms with E-state index in [-0.39, 0.29) is 5.56 Å². The van der Waals surface area contributed by atoms with Gasteiger partial charge in [0.25, 0.3) is 0 Å². The maximum Gasteiger partial charge on any atom is 0.333 e. The molecule has 88 valence electrons. The predicted octanol–water partition coefficient (Wildman–Crippen LogP) is 0.658. The minimum atomic E-state index is -0.723. The van der Waals surface area contributed by atoms with Crippen molar-refractivity contribution in [3.05, 3.63) is 73.5 Å². The summed E-state index contributed by atoms with van der Waals surface area (Å²) in [6.45, 7) is 0. The van der Waals surface area contributed by atoms with E-state index < -0.39 is 16.2 Å². The Morgan fingerprint density at radius 2 is 1.71 bits per heavy atom. The summed E-state index contributed by atoms with van der Waals surface area (Å²) in [5, 5.41) is 10.0. The topological polar surface area (TPSA) is 109 Å². The van der Waals surface area contributed by atoms with Gasteiger partial charge in [-0.15, -0.1) is 0 Å². The van der Waals surface area contributed by atoms with Crippen LogP contribution in [0.1, 0.15) is 0 Å². The molecule has 0 unspecified atom stereocenters. The summed E-state index contributed by atoms with van der Waals surface area (Å²) in [5.41, 5.74) is -1.16. The summed E-state index contributed by atoms with van der Waals surface area (Å²) >= 11 is 0. The molecule has 2 aromatic rings. The summed E-state index contributed by atoms with van der Waals surface area (Å²) in [6.07, 6.45) is 2.94. The molecule has 2 aromatic heterocycles. The molecule has 0 fully saturated rings. The van der Waals surface area contributed by atoms with E-state index in [1.807, 2.05) is 0 Å². The van der Waals surface area contributed by atoms with Crippen molar-refractivity contribution in [2.24, 2.45) is 0 Å². The van der Waals surface area contributed by atoms with Crippen LogP contribution in [0.2, 0.25) is 0 Å². The monoisotopic (exact) mass is 235 g/mol. The molecule has 2 heterocycles. The first-order valence-corrected chi connectivity index (χ1v) is 4.57. The molecule has 0 aliphatic heterocycles. The van der Waals surface area contributed by atoms with E-state index in [9.17, 15) is 19.7 Å². The molecular formula is C10H9N3O4. The largest absolute Gasteiger partial charge is 0.333 e. The Kier molecular flexibility index (Phi) is 4.37. The van der Waals surface area contributed by atoms with Gasteiger partial charge in [-0.2, -0.15) is 0 Å². The zero-order valence-corrected chi connectivity index (χ0v) is 8.62. The Hall–Kier alpha value is -2.70. The fourth-order valence-electron chi connectivity index (χ4n) is 0.933. The molecule has 0 spiro atoms. The SMILES string of the molecule is O=c1[nH]cccc1[N+](=O)[O-].O=c1cccc[nH]1. The summed E-state index contributed by atoms with van der Waals surface area (Å²) in [5.74, 6) is 0. The average Bonchev–Trinajstić information content (AvgIpc) is 2.31. The Bertz CT molecular complexity index is 585. The number of hydrogen-bond donors (Lipinski definition) is 2. The van der Waals surface area contributed by atoms with Crippen LogP contribution in [0, 0.1) is 10.1 Å². The van der Waals surface area contributed by atoms with Gasteiger partial charge in [0.15, 0.2) is 0 Å². The lowest BCUT2D eigenvalue weighted by Gasteiger charge is -1.85. The van der Waals surface area contributed by atoms with Crippen molar-refractivity contribution in [1.82, 2.24) is 9.97 Å². The third-order valence-corrected chi connectivity index (χ3v) is 1.67. The highest BCUT2D eigenvalue weighted by atomic mass is 16.6. The Balaban J connectivity index is 0.000000181. The zero-order valence-electron chi connectivity index (χ0n) is 8.62. The van der Waals surface area contributed by atoms with Crippen LogP contribution < -0.4 is 11.1 Å². The number of H-pyrrole nitrogens is 2. The first-order valence-electron chi connectivity index (χ1n) is 4.57. The second-order valence-corrected chi connectivity index (χ2v) is 2.87. The fraction of sp³-hybridized carbons (Fsp3) is 0. The van der Waals surface area contributed by atoms with Crippen molar-refractivity contribution in [3.63, 3.8) is 0 Å². The molecule has 0 saturated heterocycles. The second kappa shape index (κ2) is 6.01. The van der Waals surface area contributed by atoms with Crippen LogP contribution in [-0.2, 0) is 0 Å². The minimum absolute atomic E-state index is 0.0532. The summed E-state index contributed by atoms with van der Waals surface area (Å²) in [6, 6.07) is 7.48. The highest BCUT2D eigenvalue weighted by Crippen LogP contribution is 1.98. The fourth-order valence-corrected chi connectivity index (χ4v) is 0.933. The molecule has 0 aromatic carbocycles. The van der Waals surface area contributed by atoms with Gasteiger partial charge in [-0.1, -0.05) is 6.07 Å². The van der Waals surface area contributed by atoms with Gasteiger partial charge < -0.3 is 9.97 Å². The summed E-state index contributed by atoms with van der Waals surface area (Å²) in [7, 11) is 0. The van der Waals surface area contributed by atoms with Crippen LogP contribution in [0.15, 0.2) is 52.3 Å². The molecular weight excluding hydrogens is 226 g/mol. The van der Waals surface area contributed by atoms with Crippen molar-refractivity contribution < 1.29 is 4.92 Å². The van der Waals surface area contributed by atoms with Gasteiger partial charge in [0.1, 0.15) is 0 Å². The van der Waals surface area contributed by atoms with E-state index in [0.29, 0.717) is 0 Å². The van der Waals surface area contributed by atoms with E-state index in [0.717, 1.165) is 6.07 Å².